The van der Waals surface area contributed by atoms with Crippen LogP contribution in [-0.2, 0) is 4.74 Å². The van der Waals surface area contributed by atoms with Crippen molar-refractivity contribution in [2.45, 2.75) is 38.6 Å². The first-order valence-corrected chi connectivity index (χ1v) is 6.02. The van der Waals surface area contributed by atoms with Gasteiger partial charge in [0.15, 0.2) is 0 Å². The topological polar surface area (TPSA) is 64.3 Å². The molecule has 8 heteroatoms. The van der Waals surface area contributed by atoms with Crippen molar-refractivity contribution < 1.29 is 27.1 Å². The second kappa shape index (κ2) is 5.88. The van der Waals surface area contributed by atoms with Crippen molar-refractivity contribution in [2.24, 2.45) is 5.73 Å². The van der Waals surface area contributed by atoms with Crippen molar-refractivity contribution in [3.8, 4) is 0 Å². The number of hydrogen-bond donors (Lipinski definition) is 2. The van der Waals surface area contributed by atoms with Gasteiger partial charge in [0.1, 0.15) is 17.5 Å². The van der Waals surface area contributed by atoms with Crippen LogP contribution in [0, 0.1) is 5.82 Å². The van der Waals surface area contributed by atoms with Crippen LogP contribution in [0.3, 0.4) is 0 Å². The third-order valence-electron chi connectivity index (χ3n) is 2.34. The van der Waals surface area contributed by atoms with Crippen LogP contribution in [0.15, 0.2) is 18.2 Å². The van der Waals surface area contributed by atoms with Crippen LogP contribution in [-0.4, -0.2) is 17.9 Å². The Balaban J connectivity index is 3.05. The van der Waals surface area contributed by atoms with Crippen LogP contribution >= 0.6 is 0 Å². The Morgan fingerprint density at radius 1 is 1.29 bits per heavy atom. The normalized spacial score (nSPS) is 13.7. The average Bonchev–Trinajstić information content (AvgIpc) is 2.26. The SMILES string of the molecule is CC(C)(C)OC(=O)Nc1ccc(F)cc1C(N)C(F)(F)F. The first kappa shape index (κ1) is 17.2. The molecule has 0 bridgehead atoms. The fraction of sp³-hybridized carbons (Fsp3) is 0.462. The summed E-state index contributed by atoms with van der Waals surface area (Å²) in [6.45, 7) is 4.79. The molecule has 1 atom stereocenters. The van der Waals surface area contributed by atoms with E-state index in [4.69, 9.17) is 10.5 Å². The predicted octanol–water partition coefficient (Wildman–Crippen LogP) is 3.73. The van der Waals surface area contributed by atoms with E-state index in [1.165, 1.54) is 0 Å². The van der Waals surface area contributed by atoms with Gasteiger partial charge in [0.25, 0.3) is 0 Å². The number of hydrogen-bond acceptors (Lipinski definition) is 3. The van der Waals surface area contributed by atoms with Gasteiger partial charge >= 0.3 is 12.3 Å². The summed E-state index contributed by atoms with van der Waals surface area (Å²) >= 11 is 0. The van der Waals surface area contributed by atoms with Gasteiger partial charge in [-0.05, 0) is 39.0 Å². The maximum atomic E-state index is 13.1. The lowest BCUT2D eigenvalue weighted by Crippen LogP contribution is -2.31. The summed E-state index contributed by atoms with van der Waals surface area (Å²) in [5.74, 6) is -0.889. The molecule has 1 aromatic rings. The average molecular weight is 308 g/mol. The molecule has 1 unspecified atom stereocenters. The van der Waals surface area contributed by atoms with Gasteiger partial charge in [0.2, 0.25) is 0 Å². The number of nitrogens with two attached hydrogens (primary N) is 1. The molecular weight excluding hydrogens is 292 g/mol. The summed E-state index contributed by atoms with van der Waals surface area (Å²) in [6, 6.07) is 0.128. The molecule has 0 aliphatic heterocycles. The van der Waals surface area contributed by atoms with Crippen LogP contribution in [0.4, 0.5) is 28.0 Å². The van der Waals surface area contributed by atoms with Gasteiger partial charge in [-0.3, -0.25) is 5.32 Å². The summed E-state index contributed by atoms with van der Waals surface area (Å²) in [6.07, 6.45) is -5.72. The summed E-state index contributed by atoms with van der Waals surface area (Å²) in [5.41, 5.74) is 3.41. The summed E-state index contributed by atoms with van der Waals surface area (Å²) in [5, 5.41) is 2.14. The van der Waals surface area contributed by atoms with E-state index in [-0.39, 0.29) is 5.69 Å². The van der Waals surface area contributed by atoms with E-state index in [2.05, 4.69) is 5.32 Å². The number of alkyl halides is 3. The molecule has 0 fully saturated rings. The van der Waals surface area contributed by atoms with Crippen molar-refractivity contribution in [1.82, 2.24) is 0 Å². The van der Waals surface area contributed by atoms with Gasteiger partial charge in [0.05, 0.1) is 0 Å². The Hall–Kier alpha value is -1.83. The van der Waals surface area contributed by atoms with Gasteiger partial charge < -0.3 is 10.5 Å². The highest BCUT2D eigenvalue weighted by atomic mass is 19.4. The highest BCUT2D eigenvalue weighted by Crippen LogP contribution is 2.34. The molecule has 3 N–H and O–H groups in total. The highest BCUT2D eigenvalue weighted by molar-refractivity contribution is 5.86. The minimum absolute atomic E-state index is 0.254. The Bertz CT molecular complexity index is 524. The zero-order valence-electron chi connectivity index (χ0n) is 11.7. The Morgan fingerprint density at radius 3 is 2.33 bits per heavy atom. The molecule has 4 nitrogen and oxygen atoms in total. The second-order valence-electron chi connectivity index (χ2n) is 5.38. The van der Waals surface area contributed by atoms with E-state index in [1.807, 2.05) is 0 Å². The van der Waals surface area contributed by atoms with E-state index in [0.717, 1.165) is 12.1 Å². The standard InChI is InChI=1S/C13H16F4N2O2/c1-12(2,3)21-11(20)19-9-5-4-7(14)6-8(9)10(18)13(15,16)17/h4-6,10H,18H2,1-3H3,(H,19,20). The Kier molecular flexibility index (Phi) is 4.83. The van der Waals surface area contributed by atoms with E-state index in [0.29, 0.717) is 6.07 Å². The third-order valence-corrected chi connectivity index (χ3v) is 2.34. The molecule has 0 heterocycles. The van der Waals surface area contributed by atoms with Gasteiger partial charge in [0, 0.05) is 11.3 Å². The lowest BCUT2D eigenvalue weighted by atomic mass is 10.0. The molecular formula is C13H16F4N2O2. The number of halogens is 4. The van der Waals surface area contributed by atoms with E-state index in [1.54, 1.807) is 20.8 Å². The molecule has 1 rings (SSSR count). The number of rotatable bonds is 2. The Morgan fingerprint density at radius 2 is 1.86 bits per heavy atom. The molecule has 21 heavy (non-hydrogen) atoms. The minimum Gasteiger partial charge on any atom is -0.444 e. The molecule has 0 saturated heterocycles. The first-order valence-electron chi connectivity index (χ1n) is 6.02. The van der Waals surface area contributed by atoms with Crippen molar-refractivity contribution in [3.05, 3.63) is 29.6 Å². The largest absolute Gasteiger partial charge is 0.444 e. The van der Waals surface area contributed by atoms with E-state index in [9.17, 15) is 22.4 Å². The van der Waals surface area contributed by atoms with Crippen LogP contribution in [0.2, 0.25) is 0 Å². The fourth-order valence-electron chi connectivity index (χ4n) is 1.49. The smallest absolute Gasteiger partial charge is 0.412 e. The zero-order chi connectivity index (χ0) is 16.4. The number of nitrogens with one attached hydrogen (secondary N) is 1. The van der Waals surface area contributed by atoms with E-state index < -0.39 is 35.3 Å². The van der Waals surface area contributed by atoms with Crippen LogP contribution in [0.25, 0.3) is 0 Å². The molecule has 0 radical (unpaired) electrons. The van der Waals surface area contributed by atoms with Crippen molar-refractivity contribution in [2.75, 3.05) is 5.32 Å². The van der Waals surface area contributed by atoms with Gasteiger partial charge in [-0.2, -0.15) is 13.2 Å². The molecule has 0 spiro atoms. The van der Waals surface area contributed by atoms with Gasteiger partial charge in [-0.15, -0.1) is 0 Å². The number of amides is 1. The lowest BCUT2D eigenvalue weighted by molar-refractivity contribution is -0.149. The molecule has 1 amide bonds. The number of benzene rings is 1. The molecule has 1 aromatic carbocycles. The minimum atomic E-state index is -4.77. The van der Waals surface area contributed by atoms with Crippen molar-refractivity contribution in [1.29, 1.82) is 0 Å². The van der Waals surface area contributed by atoms with E-state index >= 15 is 0 Å². The van der Waals surface area contributed by atoms with Gasteiger partial charge in [-0.25, -0.2) is 9.18 Å². The molecule has 0 aliphatic carbocycles. The molecule has 118 valence electrons. The third kappa shape index (κ3) is 5.22. The highest BCUT2D eigenvalue weighted by Gasteiger charge is 2.39. The lowest BCUT2D eigenvalue weighted by Gasteiger charge is -2.22. The molecule has 0 saturated carbocycles. The predicted molar refractivity (Wildman–Crippen MR) is 69.2 cm³/mol. The number of ether oxygens (including phenoxy) is 1. The molecule has 0 aliphatic rings. The van der Waals surface area contributed by atoms with Crippen LogP contribution < -0.4 is 11.1 Å². The van der Waals surface area contributed by atoms with Crippen LogP contribution in [0.5, 0.6) is 0 Å². The quantitative estimate of drug-likeness (QED) is 0.818. The number of anilines is 1. The fourth-order valence-corrected chi connectivity index (χ4v) is 1.49. The van der Waals surface area contributed by atoms with Crippen molar-refractivity contribution in [3.63, 3.8) is 0 Å². The zero-order valence-corrected chi connectivity index (χ0v) is 11.7. The molecule has 0 aromatic heterocycles. The van der Waals surface area contributed by atoms with Crippen molar-refractivity contribution >= 4 is 11.8 Å². The first-order chi connectivity index (χ1) is 9.40. The maximum Gasteiger partial charge on any atom is 0.412 e. The summed E-state index contributed by atoms with van der Waals surface area (Å²) < 4.78 is 56.1. The maximum absolute atomic E-state index is 13.1. The van der Waals surface area contributed by atoms with Gasteiger partial charge in [-0.1, -0.05) is 0 Å². The monoisotopic (exact) mass is 308 g/mol. The Labute approximate surface area is 119 Å². The van der Waals surface area contributed by atoms with Crippen LogP contribution in [0.1, 0.15) is 32.4 Å². The summed E-state index contributed by atoms with van der Waals surface area (Å²) in [4.78, 5) is 11.6. The number of carbonyl (C=O) groups is 1. The number of carbonyl (C=O) groups excluding carboxylic acids is 1. The second-order valence-corrected chi connectivity index (χ2v) is 5.38. The summed E-state index contributed by atoms with van der Waals surface area (Å²) in [7, 11) is 0.